The Morgan fingerprint density at radius 1 is 1.12 bits per heavy atom. The van der Waals surface area contributed by atoms with E-state index in [1.54, 1.807) is 0 Å². The predicted molar refractivity (Wildman–Crippen MR) is 93.0 cm³/mol. The van der Waals surface area contributed by atoms with Crippen molar-refractivity contribution in [2.24, 2.45) is 0 Å². The fraction of sp³-hybridized carbons (Fsp3) is 0.316. The van der Waals surface area contributed by atoms with Gasteiger partial charge in [0.05, 0.1) is 12.7 Å². The Balaban J connectivity index is 1.68. The molecule has 1 aliphatic heterocycles. The highest BCUT2D eigenvalue weighted by atomic mass is 19.1. The highest BCUT2D eigenvalue weighted by Gasteiger charge is 2.23. The fourth-order valence-electron chi connectivity index (χ4n) is 2.80. The van der Waals surface area contributed by atoms with E-state index in [9.17, 15) is 9.18 Å². The molecule has 24 heavy (non-hydrogen) atoms. The normalized spacial score (nSPS) is 20.7. The lowest BCUT2D eigenvalue weighted by atomic mass is 10.1. The van der Waals surface area contributed by atoms with E-state index in [1.807, 2.05) is 24.3 Å². The van der Waals surface area contributed by atoms with Crippen molar-refractivity contribution in [2.45, 2.75) is 26.0 Å². The van der Waals surface area contributed by atoms with Gasteiger partial charge in [-0.2, -0.15) is 0 Å². The van der Waals surface area contributed by atoms with Crippen LogP contribution >= 0.6 is 0 Å². The topological polar surface area (TPSA) is 41.6 Å². The molecule has 0 aliphatic carbocycles. The molecular weight excluding hydrogens is 307 g/mol. The third kappa shape index (κ3) is 3.74. The van der Waals surface area contributed by atoms with Crippen molar-refractivity contribution in [1.82, 2.24) is 0 Å². The van der Waals surface area contributed by atoms with Gasteiger partial charge in [0.2, 0.25) is 0 Å². The molecule has 2 aromatic rings. The van der Waals surface area contributed by atoms with Crippen LogP contribution in [-0.4, -0.2) is 31.2 Å². The molecule has 2 atom stereocenters. The van der Waals surface area contributed by atoms with Gasteiger partial charge in [-0.05, 0) is 62.4 Å². The van der Waals surface area contributed by atoms with Crippen LogP contribution in [0.3, 0.4) is 0 Å². The molecule has 0 aromatic heterocycles. The summed E-state index contributed by atoms with van der Waals surface area (Å²) in [5.41, 5.74) is 2.25. The van der Waals surface area contributed by atoms with Crippen molar-refractivity contribution >= 4 is 17.3 Å². The van der Waals surface area contributed by atoms with Crippen LogP contribution in [0.1, 0.15) is 24.2 Å². The first-order valence-corrected chi connectivity index (χ1v) is 8.08. The molecule has 2 unspecified atom stereocenters. The van der Waals surface area contributed by atoms with Gasteiger partial charge in [-0.25, -0.2) is 4.39 Å². The number of amides is 1. The number of hydrogen-bond acceptors (Lipinski definition) is 3. The largest absolute Gasteiger partial charge is 0.375 e. The molecule has 5 heteroatoms. The van der Waals surface area contributed by atoms with Crippen LogP contribution in [0.4, 0.5) is 15.8 Å². The molecule has 0 bridgehead atoms. The third-order valence-electron chi connectivity index (χ3n) is 4.17. The zero-order chi connectivity index (χ0) is 17.1. The summed E-state index contributed by atoms with van der Waals surface area (Å²) in [6.45, 7) is 5.76. The number of anilines is 2. The Hall–Kier alpha value is -2.40. The molecule has 1 N–H and O–H groups in total. The second kappa shape index (κ2) is 7.01. The molecule has 1 fully saturated rings. The number of nitrogens with one attached hydrogen (secondary N) is 1. The molecule has 0 radical (unpaired) electrons. The first kappa shape index (κ1) is 16.5. The summed E-state index contributed by atoms with van der Waals surface area (Å²) >= 11 is 0. The molecule has 1 heterocycles. The maximum Gasteiger partial charge on any atom is 0.255 e. The van der Waals surface area contributed by atoms with Gasteiger partial charge in [-0.1, -0.05) is 0 Å². The zero-order valence-corrected chi connectivity index (χ0v) is 13.8. The minimum Gasteiger partial charge on any atom is -0.375 e. The minimum absolute atomic E-state index is 0.207. The van der Waals surface area contributed by atoms with Crippen molar-refractivity contribution in [3.8, 4) is 0 Å². The minimum atomic E-state index is -0.357. The van der Waals surface area contributed by atoms with E-state index < -0.39 is 0 Å². The molecule has 0 spiro atoms. The predicted octanol–water partition coefficient (Wildman–Crippen LogP) is 3.69. The number of morpholine rings is 1. The highest BCUT2D eigenvalue weighted by molar-refractivity contribution is 6.04. The number of ether oxygens (including phenoxy) is 1. The van der Waals surface area contributed by atoms with Gasteiger partial charge in [0, 0.05) is 29.5 Å². The number of rotatable bonds is 3. The average molecular weight is 328 g/mol. The van der Waals surface area contributed by atoms with Gasteiger partial charge in [-0.3, -0.25) is 4.79 Å². The van der Waals surface area contributed by atoms with E-state index in [1.165, 1.54) is 24.3 Å². The van der Waals surface area contributed by atoms with Crippen LogP contribution < -0.4 is 10.2 Å². The molecule has 0 saturated carbocycles. The summed E-state index contributed by atoms with van der Waals surface area (Å²) in [6.07, 6.45) is 0.207. The lowest BCUT2D eigenvalue weighted by Crippen LogP contribution is -2.47. The lowest BCUT2D eigenvalue weighted by Gasteiger charge is -2.38. The quantitative estimate of drug-likeness (QED) is 0.934. The van der Waals surface area contributed by atoms with Gasteiger partial charge >= 0.3 is 0 Å². The second-order valence-corrected chi connectivity index (χ2v) is 6.15. The Bertz CT molecular complexity index is 700. The summed E-state index contributed by atoms with van der Waals surface area (Å²) in [5, 5.41) is 2.82. The fourth-order valence-corrected chi connectivity index (χ4v) is 2.80. The van der Waals surface area contributed by atoms with Gasteiger partial charge in [-0.15, -0.1) is 0 Å². The first-order chi connectivity index (χ1) is 11.5. The van der Waals surface area contributed by atoms with E-state index >= 15 is 0 Å². The van der Waals surface area contributed by atoms with E-state index in [4.69, 9.17) is 4.74 Å². The molecule has 4 nitrogen and oxygen atoms in total. The smallest absolute Gasteiger partial charge is 0.255 e. The maximum absolute atomic E-state index is 12.9. The third-order valence-corrected chi connectivity index (χ3v) is 4.17. The Morgan fingerprint density at radius 2 is 1.79 bits per heavy atom. The summed E-state index contributed by atoms with van der Waals surface area (Å²) < 4.78 is 18.6. The van der Waals surface area contributed by atoms with Crippen LogP contribution in [0.2, 0.25) is 0 Å². The molecule has 1 aliphatic rings. The van der Waals surface area contributed by atoms with Crippen molar-refractivity contribution in [1.29, 1.82) is 0 Å². The molecule has 3 rings (SSSR count). The molecule has 1 amide bonds. The number of carbonyl (C=O) groups is 1. The van der Waals surface area contributed by atoms with Crippen LogP contribution in [0.25, 0.3) is 0 Å². The maximum atomic E-state index is 12.9. The van der Waals surface area contributed by atoms with Crippen LogP contribution in [0.5, 0.6) is 0 Å². The average Bonchev–Trinajstić information content (AvgIpc) is 2.58. The molecule has 126 valence electrons. The number of carbonyl (C=O) groups excluding carboxylic acids is 1. The zero-order valence-electron chi connectivity index (χ0n) is 13.8. The summed E-state index contributed by atoms with van der Waals surface area (Å²) in [5.74, 6) is -0.610. The summed E-state index contributed by atoms with van der Waals surface area (Å²) in [7, 11) is 0. The SMILES string of the molecule is CC1CN(c2ccc(NC(=O)c3ccc(F)cc3)cc2)C(C)CO1. The number of nitrogens with zero attached hydrogens (tertiary/aromatic N) is 1. The van der Waals surface area contributed by atoms with Crippen molar-refractivity contribution in [3.05, 3.63) is 59.9 Å². The Morgan fingerprint density at radius 3 is 2.46 bits per heavy atom. The van der Waals surface area contributed by atoms with Crippen LogP contribution in [0, 0.1) is 5.82 Å². The van der Waals surface area contributed by atoms with E-state index in [0.29, 0.717) is 23.9 Å². The van der Waals surface area contributed by atoms with Crippen molar-refractivity contribution < 1.29 is 13.9 Å². The number of benzene rings is 2. The van der Waals surface area contributed by atoms with Gasteiger partial charge in [0.1, 0.15) is 5.82 Å². The van der Waals surface area contributed by atoms with E-state index in [2.05, 4.69) is 24.1 Å². The second-order valence-electron chi connectivity index (χ2n) is 6.15. The van der Waals surface area contributed by atoms with Crippen LogP contribution in [0.15, 0.2) is 48.5 Å². The molecular formula is C19H21FN2O2. The van der Waals surface area contributed by atoms with Crippen LogP contribution in [-0.2, 0) is 4.74 Å². The van der Waals surface area contributed by atoms with Crippen molar-refractivity contribution in [3.63, 3.8) is 0 Å². The van der Waals surface area contributed by atoms with E-state index in [-0.39, 0.29) is 17.8 Å². The summed E-state index contributed by atoms with van der Waals surface area (Å²) in [6, 6.07) is 13.6. The number of halogens is 1. The summed E-state index contributed by atoms with van der Waals surface area (Å²) in [4.78, 5) is 14.5. The molecule has 2 aromatic carbocycles. The first-order valence-electron chi connectivity index (χ1n) is 8.08. The van der Waals surface area contributed by atoms with Crippen molar-refractivity contribution in [2.75, 3.05) is 23.4 Å². The Kier molecular flexibility index (Phi) is 4.81. The highest BCUT2D eigenvalue weighted by Crippen LogP contribution is 2.23. The molecule has 1 saturated heterocycles. The van der Waals surface area contributed by atoms with Gasteiger partial charge < -0.3 is 15.0 Å². The standard InChI is InChI=1S/C19H21FN2O2/c1-13-12-24-14(2)11-22(13)18-9-7-17(8-10-18)21-19(23)15-3-5-16(20)6-4-15/h3-10,13-14H,11-12H2,1-2H3,(H,21,23). The Labute approximate surface area is 141 Å². The van der Waals surface area contributed by atoms with Gasteiger partial charge in [0.25, 0.3) is 5.91 Å². The van der Waals surface area contributed by atoms with Gasteiger partial charge in [0.15, 0.2) is 0 Å². The monoisotopic (exact) mass is 328 g/mol. The lowest BCUT2D eigenvalue weighted by molar-refractivity contribution is 0.0344. The van der Waals surface area contributed by atoms with E-state index in [0.717, 1.165) is 12.2 Å². The number of hydrogen-bond donors (Lipinski definition) is 1.